The summed E-state index contributed by atoms with van der Waals surface area (Å²) >= 11 is 5.69. The molecule has 5 heterocycles. The fraction of sp³-hybridized carbons (Fsp3) is 0.545. The van der Waals surface area contributed by atoms with E-state index in [0.29, 0.717) is 77.5 Å². The number of rotatable bonds is 5. The maximum absolute atomic E-state index is 11.4. The summed E-state index contributed by atoms with van der Waals surface area (Å²) in [6, 6.07) is 2.93. The maximum atomic E-state index is 11.4. The number of anilines is 3. The Morgan fingerprint density at radius 2 is 1.08 bits per heavy atom. The van der Waals surface area contributed by atoms with Crippen LogP contribution in [0.25, 0.3) is 0 Å². The largest absolute Gasteiger partial charge is 0.378 e. The van der Waals surface area contributed by atoms with Crippen LogP contribution in [0.15, 0.2) is 24.5 Å². The highest BCUT2D eigenvalue weighted by molar-refractivity contribution is 6.30. The molecular formula is C22H28ClN7O7. The Morgan fingerprint density at radius 3 is 1.54 bits per heavy atom. The second kappa shape index (κ2) is 12.8. The number of ether oxygens (including phenoxy) is 3. The Labute approximate surface area is 218 Å². The molecule has 14 nitrogen and oxygen atoms in total. The molecule has 3 aliphatic heterocycles. The van der Waals surface area contributed by atoms with Crippen LogP contribution in [0.1, 0.15) is 0 Å². The first-order chi connectivity index (χ1) is 17.9. The van der Waals surface area contributed by atoms with Crippen molar-refractivity contribution in [2.24, 2.45) is 0 Å². The molecule has 0 atom stereocenters. The minimum atomic E-state index is -0.469. The predicted molar refractivity (Wildman–Crippen MR) is 136 cm³/mol. The maximum Gasteiger partial charge on any atom is 0.313 e. The molecule has 2 aromatic heterocycles. The first kappa shape index (κ1) is 26.7. The van der Waals surface area contributed by atoms with Crippen LogP contribution >= 0.6 is 11.6 Å². The molecule has 0 unspecified atom stereocenters. The Hall–Kier alpha value is -3.33. The third-order valence-electron chi connectivity index (χ3n) is 6.04. The van der Waals surface area contributed by atoms with Crippen LogP contribution in [0.3, 0.4) is 0 Å². The molecule has 200 valence electrons. The number of nitrogens with zero attached hydrogens (tertiary/aromatic N) is 7. The summed E-state index contributed by atoms with van der Waals surface area (Å²) in [6.07, 6.45) is 3.13. The molecule has 0 aliphatic carbocycles. The molecule has 0 spiro atoms. The van der Waals surface area contributed by atoms with E-state index >= 15 is 0 Å². The van der Waals surface area contributed by atoms with Crippen LogP contribution in [-0.2, 0) is 14.2 Å². The van der Waals surface area contributed by atoms with Gasteiger partial charge in [0.15, 0.2) is 0 Å². The average Bonchev–Trinajstić information content (AvgIpc) is 2.94. The minimum absolute atomic E-state index is 0.0564. The average molecular weight is 538 g/mol. The third kappa shape index (κ3) is 6.91. The summed E-state index contributed by atoms with van der Waals surface area (Å²) in [5, 5.41) is 22.5. The molecule has 37 heavy (non-hydrogen) atoms. The summed E-state index contributed by atoms with van der Waals surface area (Å²) in [7, 11) is 0. The van der Waals surface area contributed by atoms with E-state index in [2.05, 4.69) is 14.9 Å². The van der Waals surface area contributed by atoms with Gasteiger partial charge in [0.05, 0.1) is 66.4 Å². The first-order valence-corrected chi connectivity index (χ1v) is 12.2. The monoisotopic (exact) mass is 537 g/mol. The highest BCUT2D eigenvalue weighted by atomic mass is 35.5. The van der Waals surface area contributed by atoms with Gasteiger partial charge in [-0.1, -0.05) is 11.6 Å². The van der Waals surface area contributed by atoms with E-state index in [1.807, 2.05) is 9.80 Å². The normalized spacial score (nSPS) is 18.1. The lowest BCUT2D eigenvalue weighted by atomic mass is 10.2. The van der Waals surface area contributed by atoms with Crippen molar-refractivity contribution >= 4 is 40.3 Å². The van der Waals surface area contributed by atoms with Crippen molar-refractivity contribution < 1.29 is 24.1 Å². The van der Waals surface area contributed by atoms with Gasteiger partial charge < -0.3 is 28.9 Å². The summed E-state index contributed by atoms with van der Waals surface area (Å²) in [6.45, 7) is 7.47. The topological polar surface area (TPSA) is 149 Å². The molecule has 0 saturated carbocycles. The lowest BCUT2D eigenvalue weighted by Gasteiger charge is -2.30. The van der Waals surface area contributed by atoms with E-state index in [4.69, 9.17) is 25.8 Å². The molecule has 0 amide bonds. The third-order valence-corrected chi connectivity index (χ3v) is 6.24. The molecule has 0 N–H and O–H groups in total. The van der Waals surface area contributed by atoms with Gasteiger partial charge in [0.2, 0.25) is 11.6 Å². The van der Waals surface area contributed by atoms with Crippen LogP contribution in [0.5, 0.6) is 0 Å². The van der Waals surface area contributed by atoms with Crippen molar-refractivity contribution in [3.63, 3.8) is 0 Å². The van der Waals surface area contributed by atoms with Gasteiger partial charge in [-0.2, -0.15) is 0 Å². The number of aromatic nitrogens is 2. The molecule has 0 aromatic carbocycles. The summed E-state index contributed by atoms with van der Waals surface area (Å²) < 4.78 is 15.8. The first-order valence-electron chi connectivity index (χ1n) is 11.9. The smallest absolute Gasteiger partial charge is 0.313 e. The molecule has 0 bridgehead atoms. The lowest BCUT2D eigenvalue weighted by molar-refractivity contribution is -0.384. The van der Waals surface area contributed by atoms with Gasteiger partial charge >= 0.3 is 11.4 Å². The van der Waals surface area contributed by atoms with Crippen LogP contribution in [0.4, 0.5) is 28.7 Å². The van der Waals surface area contributed by atoms with Crippen molar-refractivity contribution in [3.05, 3.63) is 49.8 Å². The molecule has 3 fully saturated rings. The Kier molecular flexibility index (Phi) is 9.22. The van der Waals surface area contributed by atoms with E-state index in [9.17, 15) is 20.2 Å². The Morgan fingerprint density at radius 1 is 0.676 bits per heavy atom. The molecule has 0 radical (unpaired) electrons. The number of hydrogen-bond acceptors (Lipinski definition) is 12. The Balaban J connectivity index is 0.000000180. The van der Waals surface area contributed by atoms with Crippen LogP contribution in [-0.4, -0.2) is 98.7 Å². The minimum Gasteiger partial charge on any atom is -0.378 e. The molecular weight excluding hydrogens is 510 g/mol. The number of nitro groups is 2. The van der Waals surface area contributed by atoms with Crippen LogP contribution < -0.4 is 14.7 Å². The van der Waals surface area contributed by atoms with Crippen LogP contribution in [0, 0.1) is 20.2 Å². The van der Waals surface area contributed by atoms with E-state index < -0.39 is 4.92 Å². The van der Waals surface area contributed by atoms with Gasteiger partial charge in [-0.15, -0.1) is 0 Å². The zero-order valence-corrected chi connectivity index (χ0v) is 20.9. The van der Waals surface area contributed by atoms with Crippen molar-refractivity contribution in [1.29, 1.82) is 0 Å². The molecule has 2 aromatic rings. The SMILES string of the molecule is O=[N+]([O-])c1cc(Cl)cnc1N1CCOCC1.O=[N+]([O-])c1cc(N2CCOCC2)cnc1N1CCOCC1. The standard InChI is InChI=1S/C13H18N4O4.C9H10ClN3O3/c18-17(19)12-9-11(15-1-5-20-6-2-15)10-14-13(12)16-3-7-21-8-4-16;10-7-5-8(13(14)15)9(11-6-7)12-1-3-16-4-2-12/h9-10H,1-8H2;5-6H,1-4H2. The number of morpholine rings is 3. The molecule has 3 saturated heterocycles. The van der Waals surface area contributed by atoms with Crippen molar-refractivity contribution in [3.8, 4) is 0 Å². The van der Waals surface area contributed by atoms with Gasteiger partial charge in [0.25, 0.3) is 0 Å². The Bertz CT molecular complexity index is 1090. The van der Waals surface area contributed by atoms with Crippen molar-refractivity contribution in [1.82, 2.24) is 9.97 Å². The van der Waals surface area contributed by atoms with Gasteiger partial charge in [-0.25, -0.2) is 9.97 Å². The highest BCUT2D eigenvalue weighted by Gasteiger charge is 2.26. The zero-order valence-electron chi connectivity index (χ0n) is 20.2. The lowest BCUT2D eigenvalue weighted by Crippen LogP contribution is -2.38. The number of hydrogen-bond donors (Lipinski definition) is 0. The van der Waals surface area contributed by atoms with Crippen molar-refractivity contribution in [2.75, 3.05) is 93.6 Å². The van der Waals surface area contributed by atoms with E-state index in [-0.39, 0.29) is 21.3 Å². The number of pyridine rings is 2. The van der Waals surface area contributed by atoms with Gasteiger partial charge in [0, 0.05) is 57.6 Å². The van der Waals surface area contributed by atoms with Gasteiger partial charge in [-0.05, 0) is 0 Å². The zero-order chi connectivity index (χ0) is 26.2. The van der Waals surface area contributed by atoms with E-state index in [1.165, 1.54) is 12.3 Å². The molecule has 5 rings (SSSR count). The predicted octanol–water partition coefficient (Wildman–Crippen LogP) is 2.14. The summed E-state index contributed by atoms with van der Waals surface area (Å²) in [4.78, 5) is 35.6. The van der Waals surface area contributed by atoms with E-state index in [0.717, 1.165) is 18.8 Å². The molecule has 15 heteroatoms. The fourth-order valence-electron chi connectivity index (χ4n) is 4.16. The second-order valence-electron chi connectivity index (χ2n) is 8.34. The van der Waals surface area contributed by atoms with Gasteiger partial charge in [-0.3, -0.25) is 20.2 Å². The second-order valence-corrected chi connectivity index (χ2v) is 8.78. The van der Waals surface area contributed by atoms with Crippen LogP contribution in [0.2, 0.25) is 5.02 Å². The summed E-state index contributed by atoms with van der Waals surface area (Å²) in [5.74, 6) is 0.790. The number of halogens is 1. The highest BCUT2D eigenvalue weighted by Crippen LogP contribution is 2.31. The molecule has 3 aliphatic rings. The van der Waals surface area contributed by atoms with Crippen molar-refractivity contribution in [2.45, 2.75) is 0 Å². The quantitative estimate of drug-likeness (QED) is 0.406. The summed E-state index contributed by atoms with van der Waals surface area (Å²) in [5.41, 5.74) is 0.775. The van der Waals surface area contributed by atoms with Gasteiger partial charge in [0.1, 0.15) is 0 Å². The van der Waals surface area contributed by atoms with E-state index in [1.54, 1.807) is 12.3 Å². The fourth-order valence-corrected chi connectivity index (χ4v) is 4.31.